The largest absolute Gasteiger partial charge is 0.293 e. The van der Waals surface area contributed by atoms with Crippen LogP contribution in [0.15, 0.2) is 0 Å². The minimum Gasteiger partial charge on any atom is -0.293 e. The zero-order valence-electron chi connectivity index (χ0n) is 8.97. The van der Waals surface area contributed by atoms with Crippen molar-refractivity contribution in [3.05, 3.63) is 11.4 Å². The van der Waals surface area contributed by atoms with E-state index < -0.39 is 5.66 Å². The van der Waals surface area contributed by atoms with Gasteiger partial charge in [-0.3, -0.25) is 10.6 Å². The van der Waals surface area contributed by atoms with E-state index in [0.29, 0.717) is 0 Å². The van der Waals surface area contributed by atoms with Crippen LogP contribution in [0.4, 0.5) is 0 Å². The molecule has 0 saturated heterocycles. The Morgan fingerprint density at radius 1 is 1.15 bits per heavy atom. The fourth-order valence-corrected chi connectivity index (χ4v) is 1.32. The highest BCUT2D eigenvalue weighted by Gasteiger charge is 2.21. The Morgan fingerprint density at radius 2 is 1.69 bits per heavy atom. The molecule has 0 saturated carbocycles. The number of hydrogen-bond acceptors (Lipinski definition) is 1. The second-order valence-corrected chi connectivity index (χ2v) is 3.99. The third kappa shape index (κ3) is 7.80. The van der Waals surface area contributed by atoms with E-state index in [0.717, 1.165) is 12.8 Å². The van der Waals surface area contributed by atoms with Crippen LogP contribution in [0.25, 0.3) is 4.85 Å². The Bertz CT molecular complexity index is 156. The molecule has 0 amide bonds. The van der Waals surface area contributed by atoms with Crippen LogP contribution < -0.4 is 5.73 Å². The minimum atomic E-state index is -0.620. The molecule has 76 valence electrons. The molecule has 0 aromatic heterocycles. The predicted octanol–water partition coefficient (Wildman–Crippen LogP) is 3.33. The van der Waals surface area contributed by atoms with Gasteiger partial charge >= 0.3 is 0 Å². The molecular formula is C11H22N2. The number of hydrogen-bond donors (Lipinski definition) is 1. The first kappa shape index (κ1) is 12.4. The predicted molar refractivity (Wildman–Crippen MR) is 57.2 cm³/mol. The number of nitrogens with two attached hydrogens (primary N) is 1. The smallest absolute Gasteiger partial charge is 0.280 e. The first-order valence-electron chi connectivity index (χ1n) is 5.30. The lowest BCUT2D eigenvalue weighted by molar-refractivity contribution is 0.480. The molecule has 0 aliphatic rings. The van der Waals surface area contributed by atoms with Crippen molar-refractivity contribution < 1.29 is 0 Å². The Hall–Kier alpha value is -0.550. The van der Waals surface area contributed by atoms with E-state index in [1.165, 1.54) is 32.1 Å². The first-order chi connectivity index (χ1) is 6.12. The van der Waals surface area contributed by atoms with Gasteiger partial charge in [0, 0.05) is 13.3 Å². The quantitative estimate of drug-likeness (QED) is 0.475. The van der Waals surface area contributed by atoms with E-state index in [9.17, 15) is 0 Å². The lowest BCUT2D eigenvalue weighted by atomic mass is 10.0. The molecule has 0 heterocycles. The molecule has 0 aromatic rings. The van der Waals surface area contributed by atoms with Crippen LogP contribution in [0.3, 0.4) is 0 Å². The van der Waals surface area contributed by atoms with Crippen molar-refractivity contribution in [2.75, 3.05) is 0 Å². The van der Waals surface area contributed by atoms with Gasteiger partial charge in [0.25, 0.3) is 5.66 Å². The van der Waals surface area contributed by atoms with E-state index in [-0.39, 0.29) is 0 Å². The van der Waals surface area contributed by atoms with E-state index in [4.69, 9.17) is 12.3 Å². The lowest BCUT2D eigenvalue weighted by Gasteiger charge is -2.09. The summed E-state index contributed by atoms with van der Waals surface area (Å²) >= 11 is 0. The maximum Gasteiger partial charge on any atom is 0.280 e. The number of rotatable bonds is 7. The molecule has 1 unspecified atom stereocenters. The van der Waals surface area contributed by atoms with Crippen molar-refractivity contribution in [2.45, 2.75) is 64.5 Å². The standard InChI is InChI=1S/C11H22N2/c1-4-5-6-7-8-9-10-11(2,12)13-3/h4-10,12H2,1-2H3. The fourth-order valence-electron chi connectivity index (χ4n) is 1.32. The van der Waals surface area contributed by atoms with Gasteiger partial charge in [-0.1, -0.05) is 39.0 Å². The Morgan fingerprint density at radius 3 is 2.23 bits per heavy atom. The topological polar surface area (TPSA) is 30.4 Å². The maximum atomic E-state index is 6.85. The fraction of sp³-hybridized carbons (Fsp3) is 0.909. The van der Waals surface area contributed by atoms with E-state index in [2.05, 4.69) is 11.8 Å². The zero-order chi connectivity index (χ0) is 10.2. The van der Waals surface area contributed by atoms with Gasteiger partial charge in [-0.05, 0) is 6.42 Å². The van der Waals surface area contributed by atoms with Crippen molar-refractivity contribution in [3.63, 3.8) is 0 Å². The summed E-state index contributed by atoms with van der Waals surface area (Å²) in [5.41, 5.74) is 5.08. The molecule has 0 aliphatic carbocycles. The van der Waals surface area contributed by atoms with Crippen LogP contribution in [0, 0.1) is 6.57 Å². The molecule has 0 fully saturated rings. The van der Waals surface area contributed by atoms with Gasteiger partial charge in [-0.15, -0.1) is 0 Å². The van der Waals surface area contributed by atoms with E-state index in [1.807, 2.05) is 6.92 Å². The highest BCUT2D eigenvalue weighted by atomic mass is 15.0. The third-order valence-corrected chi connectivity index (χ3v) is 2.29. The van der Waals surface area contributed by atoms with Gasteiger partial charge in [-0.2, -0.15) is 0 Å². The monoisotopic (exact) mass is 182 g/mol. The molecule has 0 aliphatic heterocycles. The van der Waals surface area contributed by atoms with Crippen molar-refractivity contribution in [2.24, 2.45) is 5.73 Å². The molecule has 1 atom stereocenters. The summed E-state index contributed by atoms with van der Waals surface area (Å²) in [6.45, 7) is 10.9. The highest BCUT2D eigenvalue weighted by Crippen LogP contribution is 2.14. The summed E-state index contributed by atoms with van der Waals surface area (Å²) < 4.78 is 0. The second-order valence-electron chi connectivity index (χ2n) is 3.99. The van der Waals surface area contributed by atoms with Crippen LogP contribution in [0.2, 0.25) is 0 Å². The van der Waals surface area contributed by atoms with Crippen LogP contribution >= 0.6 is 0 Å². The van der Waals surface area contributed by atoms with Crippen LogP contribution in [0.1, 0.15) is 58.8 Å². The zero-order valence-corrected chi connectivity index (χ0v) is 8.97. The highest BCUT2D eigenvalue weighted by molar-refractivity contribution is 4.87. The molecule has 2 nitrogen and oxygen atoms in total. The summed E-state index contributed by atoms with van der Waals surface area (Å²) in [7, 11) is 0. The molecule has 13 heavy (non-hydrogen) atoms. The summed E-state index contributed by atoms with van der Waals surface area (Å²) in [5, 5.41) is 0. The van der Waals surface area contributed by atoms with E-state index >= 15 is 0 Å². The van der Waals surface area contributed by atoms with Gasteiger partial charge in [0.1, 0.15) is 0 Å². The maximum absolute atomic E-state index is 6.85. The van der Waals surface area contributed by atoms with Gasteiger partial charge in [0.05, 0.1) is 0 Å². The van der Waals surface area contributed by atoms with Crippen molar-refractivity contribution in [1.29, 1.82) is 0 Å². The molecule has 0 spiro atoms. The van der Waals surface area contributed by atoms with Gasteiger partial charge in [0.15, 0.2) is 0 Å². The SMILES string of the molecule is [C-]#[N+]C(C)(N)CCCCCCCC. The Balaban J connectivity index is 3.22. The van der Waals surface area contributed by atoms with Gasteiger partial charge in [0.2, 0.25) is 0 Å². The van der Waals surface area contributed by atoms with Crippen molar-refractivity contribution in [1.82, 2.24) is 0 Å². The van der Waals surface area contributed by atoms with E-state index in [1.54, 1.807) is 0 Å². The van der Waals surface area contributed by atoms with Crippen LogP contribution in [0.5, 0.6) is 0 Å². The van der Waals surface area contributed by atoms with Crippen LogP contribution in [-0.4, -0.2) is 5.66 Å². The molecular weight excluding hydrogens is 160 g/mol. The van der Waals surface area contributed by atoms with Crippen molar-refractivity contribution >= 4 is 0 Å². The molecule has 0 aromatic carbocycles. The summed E-state index contributed by atoms with van der Waals surface area (Å²) in [6.07, 6.45) is 8.40. The normalized spacial score (nSPS) is 14.9. The number of unbranched alkanes of at least 4 members (excludes halogenated alkanes) is 5. The van der Waals surface area contributed by atoms with Crippen LogP contribution in [-0.2, 0) is 0 Å². The average Bonchev–Trinajstić information content (AvgIpc) is 2.11. The molecule has 2 heteroatoms. The molecule has 0 rings (SSSR count). The lowest BCUT2D eigenvalue weighted by Crippen LogP contribution is -2.31. The second kappa shape index (κ2) is 6.91. The van der Waals surface area contributed by atoms with Gasteiger partial charge in [-0.25, -0.2) is 6.57 Å². The molecule has 0 bridgehead atoms. The summed E-state index contributed by atoms with van der Waals surface area (Å²) in [4.78, 5) is 3.38. The number of nitrogens with zero attached hydrogens (tertiary/aromatic N) is 1. The Kier molecular flexibility index (Phi) is 6.62. The molecule has 0 radical (unpaired) electrons. The van der Waals surface area contributed by atoms with Gasteiger partial charge < -0.3 is 0 Å². The third-order valence-electron chi connectivity index (χ3n) is 2.29. The Labute approximate surface area is 82.3 Å². The summed E-state index contributed by atoms with van der Waals surface area (Å²) in [5.74, 6) is 0. The summed E-state index contributed by atoms with van der Waals surface area (Å²) in [6, 6.07) is 0. The minimum absolute atomic E-state index is 0.620. The average molecular weight is 182 g/mol. The molecule has 2 N–H and O–H groups in total. The van der Waals surface area contributed by atoms with Crippen molar-refractivity contribution in [3.8, 4) is 0 Å². The first-order valence-corrected chi connectivity index (χ1v) is 5.30.